The van der Waals surface area contributed by atoms with Crippen LogP contribution in [0.5, 0.6) is 0 Å². The first-order valence-electron chi connectivity index (χ1n) is 9.99. The van der Waals surface area contributed by atoms with Gasteiger partial charge in [0.1, 0.15) is 0 Å². The quantitative estimate of drug-likeness (QED) is 0.580. The zero-order chi connectivity index (χ0) is 19.3. The predicted molar refractivity (Wildman–Crippen MR) is 119 cm³/mol. The zero-order valence-corrected chi connectivity index (χ0v) is 16.8. The summed E-state index contributed by atoms with van der Waals surface area (Å²) in [6, 6.07) is 16.5. The summed E-state index contributed by atoms with van der Waals surface area (Å²) >= 11 is 5.43. The summed E-state index contributed by atoms with van der Waals surface area (Å²) in [5, 5.41) is 7.14. The molecule has 1 amide bonds. The minimum atomic E-state index is 0.196. The minimum absolute atomic E-state index is 0.196. The average Bonchev–Trinajstić information content (AvgIpc) is 3.32. The van der Waals surface area contributed by atoms with Crippen molar-refractivity contribution in [1.29, 1.82) is 0 Å². The number of carbonyl (C=O) groups is 1. The van der Waals surface area contributed by atoms with Gasteiger partial charge in [-0.25, -0.2) is 0 Å². The first kappa shape index (κ1) is 18.7. The first-order chi connectivity index (χ1) is 13.7. The monoisotopic (exact) mass is 394 g/mol. The van der Waals surface area contributed by atoms with Gasteiger partial charge in [-0.3, -0.25) is 4.79 Å². The Kier molecular flexibility index (Phi) is 5.76. The van der Waals surface area contributed by atoms with Gasteiger partial charge in [0.15, 0.2) is 5.11 Å². The number of para-hydroxylation sites is 1. The summed E-state index contributed by atoms with van der Waals surface area (Å²) in [7, 11) is 0. The van der Waals surface area contributed by atoms with Gasteiger partial charge in [0.05, 0.1) is 0 Å². The number of thiocarbonyl (C=S) groups is 1. The van der Waals surface area contributed by atoms with Gasteiger partial charge in [-0.2, -0.15) is 0 Å². The molecule has 0 saturated carbocycles. The lowest BCUT2D eigenvalue weighted by atomic mass is 10.2. The van der Waals surface area contributed by atoms with Crippen molar-refractivity contribution >= 4 is 40.3 Å². The van der Waals surface area contributed by atoms with Crippen LogP contribution in [-0.2, 0) is 11.2 Å². The van der Waals surface area contributed by atoms with E-state index in [1.165, 1.54) is 11.3 Å². The van der Waals surface area contributed by atoms with Crippen LogP contribution in [0.15, 0.2) is 48.5 Å². The number of hydrogen-bond acceptors (Lipinski definition) is 3. The molecule has 2 aromatic rings. The van der Waals surface area contributed by atoms with E-state index >= 15 is 0 Å². The van der Waals surface area contributed by atoms with Crippen LogP contribution in [0.1, 0.15) is 24.8 Å². The molecule has 0 aliphatic carbocycles. The molecule has 0 aromatic heterocycles. The fraction of sp³-hybridized carbons (Fsp3) is 0.364. The number of anilines is 3. The Morgan fingerprint density at radius 3 is 2.82 bits per heavy atom. The minimum Gasteiger partial charge on any atom is -0.371 e. The van der Waals surface area contributed by atoms with Gasteiger partial charge in [0.2, 0.25) is 5.91 Å². The maximum Gasteiger partial charge on any atom is 0.227 e. The number of fused-ring (bicyclic) bond motifs is 1. The van der Waals surface area contributed by atoms with Crippen LogP contribution < -0.4 is 20.4 Å². The third-order valence-corrected chi connectivity index (χ3v) is 5.61. The van der Waals surface area contributed by atoms with Crippen LogP contribution in [0.3, 0.4) is 0 Å². The molecule has 2 heterocycles. The number of nitrogens with one attached hydrogen (secondary N) is 2. The highest BCUT2D eigenvalue weighted by atomic mass is 32.1. The second-order valence-corrected chi connectivity index (χ2v) is 7.71. The number of rotatable bonds is 6. The Morgan fingerprint density at radius 2 is 1.96 bits per heavy atom. The molecule has 2 aliphatic heterocycles. The summed E-state index contributed by atoms with van der Waals surface area (Å²) in [5.41, 5.74) is 4.66. The van der Waals surface area contributed by atoms with E-state index < -0.39 is 0 Å². The Morgan fingerprint density at radius 1 is 1.07 bits per heavy atom. The first-order valence-corrected chi connectivity index (χ1v) is 10.4. The fourth-order valence-corrected chi connectivity index (χ4v) is 4.18. The molecule has 0 bridgehead atoms. The van der Waals surface area contributed by atoms with Crippen LogP contribution >= 0.6 is 12.2 Å². The SMILES string of the molecule is O=C1CCCN1c1cccc(NC(=S)NCCCN2CCc3ccccc32)c1. The topological polar surface area (TPSA) is 47.6 Å². The molecule has 2 N–H and O–H groups in total. The van der Waals surface area contributed by atoms with E-state index in [4.69, 9.17) is 12.2 Å². The van der Waals surface area contributed by atoms with Gasteiger partial charge >= 0.3 is 0 Å². The number of hydrogen-bond donors (Lipinski definition) is 2. The van der Waals surface area contributed by atoms with Crippen LogP contribution in [0.4, 0.5) is 17.1 Å². The molecule has 28 heavy (non-hydrogen) atoms. The lowest BCUT2D eigenvalue weighted by Crippen LogP contribution is -2.32. The molecule has 146 valence electrons. The fourth-order valence-electron chi connectivity index (χ4n) is 3.96. The summed E-state index contributed by atoms with van der Waals surface area (Å²) in [5.74, 6) is 0.196. The number of amides is 1. The molecule has 6 heteroatoms. The molecule has 5 nitrogen and oxygen atoms in total. The van der Waals surface area contributed by atoms with Gasteiger partial charge < -0.3 is 20.4 Å². The van der Waals surface area contributed by atoms with Gasteiger partial charge in [-0.05, 0) is 61.3 Å². The van der Waals surface area contributed by atoms with E-state index in [1.807, 2.05) is 29.2 Å². The van der Waals surface area contributed by atoms with Gasteiger partial charge in [0, 0.05) is 49.7 Å². The van der Waals surface area contributed by atoms with E-state index in [-0.39, 0.29) is 5.91 Å². The standard InChI is InChI=1S/C22H26N4OS/c27-21-10-4-14-26(21)19-8-3-7-18(16-19)24-22(28)23-12-5-13-25-15-11-17-6-1-2-9-20(17)25/h1-3,6-9,16H,4-5,10-15H2,(H2,23,24,28). The normalized spacial score (nSPS) is 15.6. The Hall–Kier alpha value is -2.60. The van der Waals surface area contributed by atoms with Crippen molar-refractivity contribution in [3.63, 3.8) is 0 Å². The van der Waals surface area contributed by atoms with E-state index in [2.05, 4.69) is 39.8 Å². The molecular formula is C22H26N4OS. The van der Waals surface area contributed by atoms with Crippen LogP contribution in [0.2, 0.25) is 0 Å². The Balaban J connectivity index is 1.23. The summed E-state index contributed by atoms with van der Waals surface area (Å²) in [6.45, 7) is 3.75. The summed E-state index contributed by atoms with van der Waals surface area (Å²) in [4.78, 5) is 16.2. The molecule has 0 radical (unpaired) electrons. The van der Waals surface area contributed by atoms with Crippen LogP contribution in [0, 0.1) is 0 Å². The molecule has 2 aliphatic rings. The number of carbonyl (C=O) groups excluding carboxylic acids is 1. The van der Waals surface area contributed by atoms with Crippen LogP contribution in [-0.4, -0.2) is 37.2 Å². The number of benzene rings is 2. The lowest BCUT2D eigenvalue weighted by molar-refractivity contribution is -0.117. The molecule has 0 atom stereocenters. The second kappa shape index (κ2) is 8.61. The zero-order valence-electron chi connectivity index (χ0n) is 16.0. The molecule has 1 saturated heterocycles. The molecule has 1 fully saturated rings. The van der Waals surface area contributed by atoms with Crippen molar-refractivity contribution in [3.05, 3.63) is 54.1 Å². The van der Waals surface area contributed by atoms with Crippen molar-refractivity contribution < 1.29 is 4.79 Å². The van der Waals surface area contributed by atoms with Crippen molar-refractivity contribution in [2.75, 3.05) is 41.3 Å². The van der Waals surface area contributed by atoms with Gasteiger partial charge in [-0.15, -0.1) is 0 Å². The van der Waals surface area contributed by atoms with Crippen molar-refractivity contribution in [2.24, 2.45) is 0 Å². The summed E-state index contributed by atoms with van der Waals surface area (Å²) in [6.07, 6.45) is 3.73. The van der Waals surface area contributed by atoms with Crippen LogP contribution in [0.25, 0.3) is 0 Å². The molecule has 2 aromatic carbocycles. The maximum atomic E-state index is 11.9. The molecule has 4 rings (SSSR count). The van der Waals surface area contributed by atoms with E-state index in [9.17, 15) is 4.79 Å². The number of nitrogens with zero attached hydrogens (tertiary/aromatic N) is 2. The molecule has 0 spiro atoms. The van der Waals surface area contributed by atoms with Crippen molar-refractivity contribution in [2.45, 2.75) is 25.7 Å². The predicted octanol–water partition coefficient (Wildman–Crippen LogP) is 3.55. The van der Waals surface area contributed by atoms with Crippen molar-refractivity contribution in [3.8, 4) is 0 Å². The highest BCUT2D eigenvalue weighted by Gasteiger charge is 2.21. The Labute approximate surface area is 171 Å². The highest BCUT2D eigenvalue weighted by Crippen LogP contribution is 2.27. The lowest BCUT2D eigenvalue weighted by Gasteiger charge is -2.20. The van der Waals surface area contributed by atoms with E-state index in [0.717, 1.165) is 56.8 Å². The maximum absolute atomic E-state index is 11.9. The Bertz CT molecular complexity index is 869. The molecular weight excluding hydrogens is 368 g/mol. The van der Waals surface area contributed by atoms with Crippen molar-refractivity contribution in [1.82, 2.24) is 5.32 Å². The van der Waals surface area contributed by atoms with E-state index in [1.54, 1.807) is 0 Å². The van der Waals surface area contributed by atoms with E-state index in [0.29, 0.717) is 11.5 Å². The third-order valence-electron chi connectivity index (χ3n) is 5.36. The summed E-state index contributed by atoms with van der Waals surface area (Å²) < 4.78 is 0. The largest absolute Gasteiger partial charge is 0.371 e. The third kappa shape index (κ3) is 4.28. The van der Waals surface area contributed by atoms with Gasteiger partial charge in [0.25, 0.3) is 0 Å². The second-order valence-electron chi connectivity index (χ2n) is 7.30. The average molecular weight is 395 g/mol. The molecule has 0 unspecified atom stereocenters. The highest BCUT2D eigenvalue weighted by molar-refractivity contribution is 7.80. The smallest absolute Gasteiger partial charge is 0.227 e. The van der Waals surface area contributed by atoms with Gasteiger partial charge in [-0.1, -0.05) is 24.3 Å².